The lowest BCUT2D eigenvalue weighted by Gasteiger charge is -2.09. The third-order valence-electron chi connectivity index (χ3n) is 2.29. The monoisotopic (exact) mass is 254 g/mol. The minimum atomic E-state index is 0.0826. The highest BCUT2D eigenvalue weighted by molar-refractivity contribution is 7.99. The molecule has 0 heterocycles. The van der Waals surface area contributed by atoms with Crippen LogP contribution in [0, 0.1) is 0 Å². The molecule has 3 nitrogen and oxygen atoms in total. The van der Waals surface area contributed by atoms with Crippen LogP contribution in [0.4, 0.5) is 0 Å². The van der Waals surface area contributed by atoms with Gasteiger partial charge in [-0.2, -0.15) is 11.8 Å². The summed E-state index contributed by atoms with van der Waals surface area (Å²) in [6.45, 7) is 2.10. The molecule has 0 N–H and O–H groups in total. The number of ketones is 1. The molecule has 0 aliphatic heterocycles. The number of thioether (sulfide) groups is 1. The maximum absolute atomic E-state index is 12.0. The molecule has 1 aromatic rings. The first kappa shape index (κ1) is 13.9. The Labute approximate surface area is 106 Å². The molecular formula is C13H18O3S. The van der Waals surface area contributed by atoms with Gasteiger partial charge in [0.2, 0.25) is 0 Å². The highest BCUT2D eigenvalue weighted by Crippen LogP contribution is 2.25. The molecule has 0 fully saturated rings. The minimum absolute atomic E-state index is 0.0826. The zero-order valence-electron chi connectivity index (χ0n) is 10.5. The van der Waals surface area contributed by atoms with Crippen molar-refractivity contribution in [1.29, 1.82) is 0 Å². The molecule has 0 unspecified atom stereocenters. The second kappa shape index (κ2) is 7.22. The quantitative estimate of drug-likeness (QED) is 0.553. The predicted molar refractivity (Wildman–Crippen MR) is 71.5 cm³/mol. The van der Waals surface area contributed by atoms with E-state index in [1.54, 1.807) is 44.2 Å². The molecule has 0 radical (unpaired) electrons. The lowest BCUT2D eigenvalue weighted by Crippen LogP contribution is -2.06. The first-order valence-electron chi connectivity index (χ1n) is 5.55. The van der Waals surface area contributed by atoms with Gasteiger partial charge in [0.15, 0.2) is 5.78 Å². The molecule has 0 saturated carbocycles. The molecule has 1 aromatic carbocycles. The van der Waals surface area contributed by atoms with Crippen molar-refractivity contribution in [2.45, 2.75) is 13.3 Å². The number of carbonyl (C=O) groups excluding carboxylic acids is 1. The number of ether oxygens (including phenoxy) is 2. The van der Waals surface area contributed by atoms with Gasteiger partial charge in [-0.25, -0.2) is 0 Å². The van der Waals surface area contributed by atoms with Crippen LogP contribution in [-0.2, 0) is 0 Å². The maximum atomic E-state index is 12.0. The van der Waals surface area contributed by atoms with Gasteiger partial charge in [-0.3, -0.25) is 4.79 Å². The normalized spacial score (nSPS) is 10.1. The highest BCUT2D eigenvalue weighted by atomic mass is 32.2. The zero-order chi connectivity index (χ0) is 12.7. The fraction of sp³-hybridized carbons (Fsp3) is 0.462. The second-order valence-corrected chi connectivity index (χ2v) is 4.65. The Hall–Kier alpha value is -1.16. The summed E-state index contributed by atoms with van der Waals surface area (Å²) in [7, 11) is 3.15. The number of carbonyl (C=O) groups is 1. The van der Waals surface area contributed by atoms with E-state index in [0.717, 1.165) is 12.2 Å². The van der Waals surface area contributed by atoms with Crippen molar-refractivity contribution in [1.82, 2.24) is 0 Å². The largest absolute Gasteiger partial charge is 0.497 e. The topological polar surface area (TPSA) is 35.5 Å². The fourth-order valence-electron chi connectivity index (χ4n) is 1.42. The van der Waals surface area contributed by atoms with Crippen molar-refractivity contribution in [2.24, 2.45) is 0 Å². The fourth-order valence-corrected chi connectivity index (χ4v) is 2.19. The van der Waals surface area contributed by atoms with Crippen LogP contribution in [0.5, 0.6) is 11.5 Å². The summed E-state index contributed by atoms with van der Waals surface area (Å²) in [5.41, 5.74) is 0.593. The van der Waals surface area contributed by atoms with Gasteiger partial charge in [0.1, 0.15) is 11.5 Å². The van der Waals surface area contributed by atoms with Gasteiger partial charge in [-0.05, 0) is 30.4 Å². The third kappa shape index (κ3) is 3.97. The van der Waals surface area contributed by atoms with Crippen molar-refractivity contribution < 1.29 is 14.3 Å². The molecule has 1 rings (SSSR count). The summed E-state index contributed by atoms with van der Waals surface area (Å²) in [5.74, 6) is 2.84. The first-order valence-corrected chi connectivity index (χ1v) is 6.71. The van der Waals surface area contributed by atoms with Gasteiger partial charge in [0.05, 0.1) is 25.5 Å². The van der Waals surface area contributed by atoms with E-state index in [1.807, 2.05) is 0 Å². The van der Waals surface area contributed by atoms with Crippen molar-refractivity contribution in [3.05, 3.63) is 23.8 Å². The van der Waals surface area contributed by atoms with Crippen LogP contribution < -0.4 is 9.47 Å². The molecule has 0 bridgehead atoms. The average molecular weight is 254 g/mol. The summed E-state index contributed by atoms with van der Waals surface area (Å²) < 4.78 is 10.3. The second-order valence-electron chi connectivity index (χ2n) is 3.54. The van der Waals surface area contributed by atoms with Crippen molar-refractivity contribution in [3.63, 3.8) is 0 Å². The Bertz CT molecular complexity index is 377. The van der Waals surface area contributed by atoms with E-state index in [2.05, 4.69) is 6.92 Å². The summed E-state index contributed by atoms with van der Waals surface area (Å²) in [4.78, 5) is 12.0. The van der Waals surface area contributed by atoms with Crippen LogP contribution in [0.1, 0.15) is 23.7 Å². The van der Waals surface area contributed by atoms with Crippen LogP contribution in [0.2, 0.25) is 0 Å². The van der Waals surface area contributed by atoms with E-state index >= 15 is 0 Å². The van der Waals surface area contributed by atoms with Crippen LogP contribution in [0.25, 0.3) is 0 Å². The van der Waals surface area contributed by atoms with Gasteiger partial charge < -0.3 is 9.47 Å². The summed E-state index contributed by atoms with van der Waals surface area (Å²) >= 11 is 1.64. The predicted octanol–water partition coefficient (Wildman–Crippen LogP) is 3.03. The number of benzene rings is 1. The van der Waals surface area contributed by atoms with E-state index in [-0.39, 0.29) is 5.78 Å². The van der Waals surface area contributed by atoms with E-state index in [4.69, 9.17) is 9.47 Å². The average Bonchev–Trinajstić information content (AvgIpc) is 2.38. The molecule has 0 atom stereocenters. The Morgan fingerprint density at radius 2 is 2.06 bits per heavy atom. The van der Waals surface area contributed by atoms with Crippen molar-refractivity contribution in [2.75, 3.05) is 25.7 Å². The van der Waals surface area contributed by atoms with Crippen LogP contribution in [-0.4, -0.2) is 31.5 Å². The smallest absolute Gasteiger partial charge is 0.176 e. The van der Waals surface area contributed by atoms with Crippen molar-refractivity contribution >= 4 is 17.5 Å². The first-order chi connectivity index (χ1) is 8.22. The van der Waals surface area contributed by atoms with Crippen LogP contribution in [0.3, 0.4) is 0 Å². The van der Waals surface area contributed by atoms with Gasteiger partial charge in [-0.15, -0.1) is 0 Å². The number of hydrogen-bond donors (Lipinski definition) is 0. The lowest BCUT2D eigenvalue weighted by molar-refractivity contribution is 0.101. The number of hydrogen-bond acceptors (Lipinski definition) is 4. The molecule has 4 heteroatoms. The van der Waals surface area contributed by atoms with Crippen LogP contribution >= 0.6 is 11.8 Å². The Kier molecular flexibility index (Phi) is 5.91. The van der Waals surface area contributed by atoms with E-state index < -0.39 is 0 Å². The molecule has 94 valence electrons. The molecule has 0 aromatic heterocycles. The summed E-state index contributed by atoms with van der Waals surface area (Å²) in [5, 5.41) is 0. The SMILES string of the molecule is CCCSCC(=O)c1cc(OC)ccc1OC. The number of Topliss-reactive ketones (excluding diaryl/α,β-unsaturated/α-hetero) is 1. The minimum Gasteiger partial charge on any atom is -0.497 e. The summed E-state index contributed by atoms with van der Waals surface area (Å²) in [6, 6.07) is 5.28. The Balaban J connectivity index is 2.82. The van der Waals surface area contributed by atoms with Gasteiger partial charge in [0, 0.05) is 0 Å². The molecule has 0 saturated heterocycles. The molecule has 0 aliphatic rings. The van der Waals surface area contributed by atoms with Crippen molar-refractivity contribution in [3.8, 4) is 11.5 Å². The number of rotatable bonds is 7. The molecule has 17 heavy (non-hydrogen) atoms. The summed E-state index contributed by atoms with van der Waals surface area (Å²) in [6.07, 6.45) is 1.08. The standard InChI is InChI=1S/C13H18O3S/c1-4-7-17-9-12(14)11-8-10(15-2)5-6-13(11)16-3/h5-6,8H,4,7,9H2,1-3H3. The van der Waals surface area contributed by atoms with Crippen LogP contribution in [0.15, 0.2) is 18.2 Å². The molecular weight excluding hydrogens is 236 g/mol. The third-order valence-corrected chi connectivity index (χ3v) is 3.45. The van der Waals surface area contributed by atoms with Gasteiger partial charge >= 0.3 is 0 Å². The van der Waals surface area contributed by atoms with Gasteiger partial charge in [-0.1, -0.05) is 6.92 Å². The van der Waals surface area contributed by atoms with Gasteiger partial charge in [0.25, 0.3) is 0 Å². The Morgan fingerprint density at radius 1 is 1.29 bits per heavy atom. The molecule has 0 aliphatic carbocycles. The molecule has 0 spiro atoms. The molecule has 0 amide bonds. The maximum Gasteiger partial charge on any atom is 0.176 e. The Morgan fingerprint density at radius 3 is 2.65 bits per heavy atom. The van der Waals surface area contributed by atoms with E-state index in [1.165, 1.54) is 0 Å². The van der Waals surface area contributed by atoms with E-state index in [0.29, 0.717) is 22.8 Å². The van der Waals surface area contributed by atoms with E-state index in [9.17, 15) is 4.79 Å². The zero-order valence-corrected chi connectivity index (χ0v) is 11.3. The lowest BCUT2D eigenvalue weighted by atomic mass is 10.1. The highest BCUT2D eigenvalue weighted by Gasteiger charge is 2.13. The number of methoxy groups -OCH3 is 2.